The summed E-state index contributed by atoms with van der Waals surface area (Å²) in [5.41, 5.74) is 17.8. The van der Waals surface area contributed by atoms with E-state index >= 15 is 0 Å². The van der Waals surface area contributed by atoms with Crippen LogP contribution in [0, 0.1) is 0 Å². The third-order valence-electron chi connectivity index (χ3n) is 14.4. The zero-order chi connectivity index (χ0) is 44.5. The van der Waals surface area contributed by atoms with Crippen molar-refractivity contribution < 1.29 is 13.3 Å². The average molecular weight is 871 g/mol. The molecule has 0 radical (unpaired) electrons. The maximum Gasteiger partial charge on any atom is 0.159 e. The highest BCUT2D eigenvalue weighted by atomic mass is 16.3. The molecule has 3 aromatic heterocycles. The van der Waals surface area contributed by atoms with E-state index in [1.54, 1.807) is 0 Å². The summed E-state index contributed by atoms with van der Waals surface area (Å²) in [5.74, 6) is 0.901. The van der Waals surface area contributed by atoms with E-state index in [-0.39, 0.29) is 0 Å². The van der Waals surface area contributed by atoms with E-state index in [1.165, 1.54) is 33.4 Å². The average Bonchev–Trinajstić information content (AvgIpc) is 4.20. The molecule has 0 saturated carbocycles. The van der Waals surface area contributed by atoms with Gasteiger partial charge in [0.05, 0.1) is 16.8 Å². The molecule has 1 atom stereocenters. The van der Waals surface area contributed by atoms with Crippen molar-refractivity contribution in [3.63, 3.8) is 0 Å². The molecule has 5 nitrogen and oxygen atoms in total. The fourth-order valence-corrected chi connectivity index (χ4v) is 11.7. The van der Waals surface area contributed by atoms with Crippen molar-refractivity contribution in [1.82, 2.24) is 0 Å². The van der Waals surface area contributed by atoms with Crippen molar-refractivity contribution in [2.75, 3.05) is 9.80 Å². The number of para-hydroxylation sites is 7. The van der Waals surface area contributed by atoms with Gasteiger partial charge in [-0.2, -0.15) is 0 Å². The summed E-state index contributed by atoms with van der Waals surface area (Å²) in [6.07, 6.45) is 0. The van der Waals surface area contributed by atoms with Gasteiger partial charge in [0.2, 0.25) is 0 Å². The molecule has 3 heterocycles. The number of benzene rings is 10. The van der Waals surface area contributed by atoms with Gasteiger partial charge in [0.1, 0.15) is 22.5 Å². The highest BCUT2D eigenvalue weighted by Crippen LogP contribution is 2.66. The van der Waals surface area contributed by atoms with Crippen molar-refractivity contribution in [2.45, 2.75) is 5.41 Å². The van der Waals surface area contributed by atoms with Crippen LogP contribution in [0.4, 0.5) is 34.1 Å². The van der Waals surface area contributed by atoms with Gasteiger partial charge in [-0.1, -0.05) is 146 Å². The maximum absolute atomic E-state index is 7.06. The first-order valence-electron chi connectivity index (χ1n) is 23.2. The maximum atomic E-state index is 7.06. The van der Waals surface area contributed by atoms with Gasteiger partial charge >= 0.3 is 0 Å². The largest absolute Gasteiger partial charge is 0.456 e. The Balaban J connectivity index is 1.02. The van der Waals surface area contributed by atoms with Gasteiger partial charge in [0.25, 0.3) is 0 Å². The number of hydrogen-bond donors (Lipinski definition) is 0. The molecule has 13 aromatic rings. The van der Waals surface area contributed by atoms with Crippen LogP contribution < -0.4 is 9.80 Å². The van der Waals surface area contributed by atoms with E-state index in [4.69, 9.17) is 13.3 Å². The summed E-state index contributed by atoms with van der Waals surface area (Å²) in [6, 6.07) is 82.3. The molecule has 1 spiro atoms. The molecule has 0 aliphatic heterocycles. The van der Waals surface area contributed by atoms with Crippen LogP contribution in [-0.4, -0.2) is 0 Å². The predicted molar refractivity (Wildman–Crippen MR) is 276 cm³/mol. The molecule has 2 aliphatic rings. The summed E-state index contributed by atoms with van der Waals surface area (Å²) in [5, 5.41) is 5.46. The molecule has 318 valence electrons. The van der Waals surface area contributed by atoms with E-state index in [9.17, 15) is 0 Å². The number of nitrogens with zero attached hydrogens (tertiary/aromatic N) is 2. The molecule has 0 bridgehead atoms. The standard InChI is InChI=1S/C63H38N2O3/c1-3-17-39(18-4-1)64(54-28-15-25-47-45-22-8-12-30-56(45)66-60(47)54)41-33-35-44-43-21-7-11-27-51(43)63(52(44)37-41)53-38-42(34-36-49(53)62-59(63)50-24-10-14-32-58(50)68-62)65(40-19-5-2-6-20-40)55-29-16-26-48-46-23-9-13-31-57(46)67-61(48)55/h1-38H. The fourth-order valence-electron chi connectivity index (χ4n) is 11.7. The van der Waals surface area contributed by atoms with Crippen LogP contribution in [0.15, 0.2) is 244 Å². The Bertz CT molecular complexity index is 4180. The molecule has 5 heteroatoms. The smallest absolute Gasteiger partial charge is 0.159 e. The Labute approximate surface area is 390 Å². The molecule has 68 heavy (non-hydrogen) atoms. The zero-order valence-corrected chi connectivity index (χ0v) is 36.6. The molecule has 10 aromatic carbocycles. The van der Waals surface area contributed by atoms with E-state index in [2.05, 4.69) is 228 Å². The monoisotopic (exact) mass is 870 g/mol. The number of furan rings is 3. The van der Waals surface area contributed by atoms with Crippen LogP contribution in [0.2, 0.25) is 0 Å². The molecule has 2 aliphatic carbocycles. The van der Waals surface area contributed by atoms with Crippen LogP contribution in [-0.2, 0) is 5.41 Å². The highest BCUT2D eigenvalue weighted by Gasteiger charge is 2.55. The lowest BCUT2D eigenvalue weighted by Crippen LogP contribution is -2.26. The summed E-state index contributed by atoms with van der Waals surface area (Å²) >= 11 is 0. The molecule has 0 fully saturated rings. The number of hydrogen-bond acceptors (Lipinski definition) is 5. The van der Waals surface area contributed by atoms with Gasteiger partial charge in [-0.05, 0) is 113 Å². The van der Waals surface area contributed by atoms with Crippen molar-refractivity contribution in [3.05, 3.63) is 253 Å². The first-order valence-corrected chi connectivity index (χ1v) is 23.2. The van der Waals surface area contributed by atoms with Crippen molar-refractivity contribution in [1.29, 1.82) is 0 Å². The molecule has 0 saturated heterocycles. The molecule has 1 unspecified atom stereocenters. The number of rotatable bonds is 6. The van der Waals surface area contributed by atoms with Crippen molar-refractivity contribution >= 4 is 89.0 Å². The van der Waals surface area contributed by atoms with Crippen LogP contribution in [0.1, 0.15) is 22.3 Å². The third-order valence-corrected chi connectivity index (χ3v) is 14.4. The van der Waals surface area contributed by atoms with Crippen molar-refractivity contribution in [2.24, 2.45) is 0 Å². The first-order chi connectivity index (χ1) is 33.7. The lowest BCUT2D eigenvalue weighted by Gasteiger charge is -2.33. The second kappa shape index (κ2) is 14.0. The van der Waals surface area contributed by atoms with Crippen LogP contribution in [0.5, 0.6) is 0 Å². The third kappa shape index (κ3) is 4.99. The lowest BCUT2D eigenvalue weighted by molar-refractivity contribution is 0.628. The Kier molecular flexibility index (Phi) is 7.64. The van der Waals surface area contributed by atoms with Gasteiger partial charge in [0.15, 0.2) is 11.2 Å². The molecule has 0 amide bonds. The molecular weight excluding hydrogens is 833 g/mol. The quantitative estimate of drug-likeness (QED) is 0.167. The Morgan fingerprint density at radius 2 is 0.735 bits per heavy atom. The first kappa shape index (κ1) is 37.2. The van der Waals surface area contributed by atoms with Crippen molar-refractivity contribution in [3.8, 4) is 22.5 Å². The predicted octanol–water partition coefficient (Wildman–Crippen LogP) is 17.5. The van der Waals surface area contributed by atoms with Gasteiger partial charge in [-0.15, -0.1) is 0 Å². The van der Waals surface area contributed by atoms with Gasteiger partial charge < -0.3 is 23.1 Å². The van der Waals surface area contributed by atoms with Crippen LogP contribution in [0.3, 0.4) is 0 Å². The molecular formula is C63H38N2O3. The zero-order valence-electron chi connectivity index (χ0n) is 36.6. The second-order valence-corrected chi connectivity index (χ2v) is 17.9. The topological polar surface area (TPSA) is 45.9 Å². The van der Waals surface area contributed by atoms with Crippen LogP contribution in [0.25, 0.3) is 77.3 Å². The fraction of sp³-hybridized carbons (Fsp3) is 0.0159. The number of fused-ring (bicyclic) bond motifs is 18. The molecule has 0 N–H and O–H groups in total. The second-order valence-electron chi connectivity index (χ2n) is 17.9. The van der Waals surface area contributed by atoms with E-state index in [1.807, 2.05) is 12.1 Å². The SMILES string of the molecule is c1ccc(N(c2ccc3c(c2)C2(c4ccccc4-3)c3cc(N(c4ccccc4)c4cccc5c4oc4ccccc45)ccc3-c3oc4ccccc4c32)c2cccc3c2oc2ccccc23)cc1. The normalized spacial score (nSPS) is 14.5. The van der Waals surface area contributed by atoms with E-state index in [0.717, 1.165) is 100 Å². The Morgan fingerprint density at radius 3 is 1.32 bits per heavy atom. The van der Waals surface area contributed by atoms with Gasteiger partial charge in [-0.3, -0.25) is 0 Å². The minimum Gasteiger partial charge on any atom is -0.456 e. The Hall–Kier alpha value is -9.06. The summed E-state index contributed by atoms with van der Waals surface area (Å²) in [4.78, 5) is 4.70. The van der Waals surface area contributed by atoms with E-state index < -0.39 is 5.41 Å². The summed E-state index contributed by atoms with van der Waals surface area (Å²) in [6.45, 7) is 0. The lowest BCUT2D eigenvalue weighted by atomic mass is 9.70. The minimum atomic E-state index is -0.753. The van der Waals surface area contributed by atoms with Gasteiger partial charge in [-0.25, -0.2) is 0 Å². The van der Waals surface area contributed by atoms with Crippen LogP contribution >= 0.6 is 0 Å². The highest BCUT2D eigenvalue weighted by molar-refractivity contribution is 6.12. The summed E-state index contributed by atoms with van der Waals surface area (Å²) < 4.78 is 20.6. The van der Waals surface area contributed by atoms with Gasteiger partial charge in [0, 0.05) is 60.8 Å². The molecule has 15 rings (SSSR count). The minimum absolute atomic E-state index is 0.753. The summed E-state index contributed by atoms with van der Waals surface area (Å²) in [7, 11) is 0. The number of anilines is 6. The van der Waals surface area contributed by atoms with E-state index in [0.29, 0.717) is 0 Å². The Morgan fingerprint density at radius 1 is 0.294 bits per heavy atom.